The first kappa shape index (κ1) is 14.3. The van der Waals surface area contributed by atoms with Crippen molar-refractivity contribution >= 4 is 17.7 Å². The Kier molecular flexibility index (Phi) is 6.42. The number of thioether (sulfide) groups is 1. The maximum Gasteiger partial charge on any atom is 0.240 e. The van der Waals surface area contributed by atoms with Crippen molar-refractivity contribution in [2.75, 3.05) is 12.8 Å². The zero-order valence-electron chi connectivity index (χ0n) is 9.96. The molecule has 2 atom stereocenters. The molecule has 0 aromatic carbocycles. The van der Waals surface area contributed by atoms with Gasteiger partial charge in [-0.2, -0.15) is 17.0 Å². The van der Waals surface area contributed by atoms with Crippen molar-refractivity contribution in [2.24, 2.45) is 5.41 Å². The van der Waals surface area contributed by atoms with Crippen LogP contribution in [-0.2, 0) is 4.79 Å². The van der Waals surface area contributed by atoms with Gasteiger partial charge in [-0.3, -0.25) is 4.79 Å². The summed E-state index contributed by atoms with van der Waals surface area (Å²) in [4.78, 5) is 11.7. The van der Waals surface area contributed by atoms with E-state index in [2.05, 4.69) is 24.6 Å². The largest absolute Gasteiger partial charge is 0.355 e. The molecule has 0 aliphatic carbocycles. The summed E-state index contributed by atoms with van der Waals surface area (Å²) in [5.41, 5.74) is -0.872. The number of carbonyl (C=O) groups is 1. The molecule has 4 heteroatoms. The number of rotatable bonds is 6. The second-order valence-electron chi connectivity index (χ2n) is 3.89. The average Bonchev–Trinajstić information content (AvgIpc) is 2.27. The molecular formula is C11H20N2OS. The third-order valence-electron chi connectivity index (χ3n) is 2.69. The molecule has 0 fully saturated rings. The zero-order chi connectivity index (χ0) is 11.9. The van der Waals surface area contributed by atoms with Crippen molar-refractivity contribution in [1.29, 1.82) is 5.26 Å². The van der Waals surface area contributed by atoms with Crippen LogP contribution in [0.1, 0.15) is 33.6 Å². The first-order valence-corrected chi connectivity index (χ1v) is 6.51. The van der Waals surface area contributed by atoms with Crippen molar-refractivity contribution in [3.63, 3.8) is 0 Å². The van der Waals surface area contributed by atoms with Crippen LogP contribution in [0.2, 0.25) is 0 Å². The Morgan fingerprint density at radius 1 is 1.67 bits per heavy atom. The van der Waals surface area contributed by atoms with E-state index in [4.69, 9.17) is 5.26 Å². The van der Waals surface area contributed by atoms with Crippen molar-refractivity contribution in [3.05, 3.63) is 0 Å². The van der Waals surface area contributed by atoms with Gasteiger partial charge in [-0.25, -0.2) is 0 Å². The van der Waals surface area contributed by atoms with Crippen LogP contribution in [0.15, 0.2) is 0 Å². The Hall–Kier alpha value is -0.690. The van der Waals surface area contributed by atoms with Crippen LogP contribution in [0.3, 0.4) is 0 Å². The van der Waals surface area contributed by atoms with Crippen molar-refractivity contribution < 1.29 is 4.79 Å². The lowest BCUT2D eigenvalue weighted by Crippen LogP contribution is -2.38. The highest BCUT2D eigenvalue weighted by molar-refractivity contribution is 7.99. The monoisotopic (exact) mass is 228 g/mol. The molecule has 0 aromatic rings. The Balaban J connectivity index is 4.00. The fraction of sp³-hybridized carbons (Fsp3) is 0.818. The van der Waals surface area contributed by atoms with Gasteiger partial charge < -0.3 is 5.32 Å². The lowest BCUT2D eigenvalue weighted by Gasteiger charge is -2.19. The van der Waals surface area contributed by atoms with E-state index in [1.807, 2.05) is 6.92 Å². The van der Waals surface area contributed by atoms with Gasteiger partial charge in [0.1, 0.15) is 5.41 Å². The maximum absolute atomic E-state index is 11.7. The molecule has 86 valence electrons. The number of hydrogen-bond acceptors (Lipinski definition) is 3. The molecule has 0 bridgehead atoms. The molecule has 0 aliphatic rings. The Morgan fingerprint density at radius 2 is 2.27 bits per heavy atom. The smallest absolute Gasteiger partial charge is 0.240 e. The molecule has 0 saturated heterocycles. The molecule has 0 saturated carbocycles. The van der Waals surface area contributed by atoms with Gasteiger partial charge in [0.25, 0.3) is 0 Å². The lowest BCUT2D eigenvalue weighted by atomic mass is 9.88. The van der Waals surface area contributed by atoms with Crippen molar-refractivity contribution in [1.82, 2.24) is 5.32 Å². The van der Waals surface area contributed by atoms with E-state index in [0.717, 1.165) is 6.42 Å². The van der Waals surface area contributed by atoms with Gasteiger partial charge in [-0.1, -0.05) is 13.8 Å². The van der Waals surface area contributed by atoms with E-state index >= 15 is 0 Å². The molecule has 0 aromatic heterocycles. The number of hydrogen-bond donors (Lipinski definition) is 1. The summed E-state index contributed by atoms with van der Waals surface area (Å²) in [5.74, 6) is -0.152. The topological polar surface area (TPSA) is 52.9 Å². The normalized spacial score (nSPS) is 16.2. The average molecular weight is 228 g/mol. The van der Waals surface area contributed by atoms with Gasteiger partial charge in [-0.15, -0.1) is 0 Å². The summed E-state index contributed by atoms with van der Waals surface area (Å²) < 4.78 is 0. The summed E-state index contributed by atoms with van der Waals surface area (Å²) in [6, 6.07) is 2.06. The number of nitrogens with zero attached hydrogens (tertiary/aromatic N) is 1. The predicted octanol–water partition coefficient (Wildman–Crippen LogP) is 2.18. The van der Waals surface area contributed by atoms with E-state index < -0.39 is 5.41 Å². The summed E-state index contributed by atoms with van der Waals surface area (Å²) >= 11 is 1.78. The number of amides is 1. The van der Waals surface area contributed by atoms with E-state index in [1.54, 1.807) is 18.7 Å². The van der Waals surface area contributed by atoms with Gasteiger partial charge in [-0.05, 0) is 26.0 Å². The van der Waals surface area contributed by atoms with Gasteiger partial charge in [0.2, 0.25) is 5.91 Å². The Labute approximate surface area is 96.6 Å². The minimum Gasteiger partial charge on any atom is -0.355 e. The lowest BCUT2D eigenvalue weighted by molar-refractivity contribution is -0.127. The molecule has 0 heterocycles. The van der Waals surface area contributed by atoms with Gasteiger partial charge in [0.05, 0.1) is 6.07 Å². The first-order chi connectivity index (χ1) is 7.00. The van der Waals surface area contributed by atoms with E-state index in [0.29, 0.717) is 18.2 Å². The van der Waals surface area contributed by atoms with Crippen LogP contribution < -0.4 is 5.32 Å². The maximum atomic E-state index is 11.7. The van der Waals surface area contributed by atoms with Crippen LogP contribution in [0.5, 0.6) is 0 Å². The summed E-state index contributed by atoms with van der Waals surface area (Å²) in [7, 11) is 0. The fourth-order valence-corrected chi connectivity index (χ4v) is 1.35. The number of carbonyl (C=O) groups excluding carboxylic acids is 1. The standard InChI is InChI=1S/C11H20N2OS/c1-5-11(3,8-12)10(14)13-7-6-9(2)15-4/h9H,5-7H2,1-4H3,(H,13,14). The van der Waals surface area contributed by atoms with Crippen LogP contribution in [0.4, 0.5) is 0 Å². The van der Waals surface area contributed by atoms with Crippen LogP contribution >= 0.6 is 11.8 Å². The van der Waals surface area contributed by atoms with Crippen molar-refractivity contribution in [3.8, 4) is 6.07 Å². The molecule has 0 aliphatic heterocycles. The van der Waals surface area contributed by atoms with Gasteiger partial charge in [0.15, 0.2) is 0 Å². The second-order valence-corrected chi connectivity index (χ2v) is 5.16. The van der Waals surface area contributed by atoms with Gasteiger partial charge in [0, 0.05) is 11.8 Å². The third-order valence-corrected chi connectivity index (χ3v) is 3.73. The Bertz CT molecular complexity index is 249. The SMILES string of the molecule is CCC(C)(C#N)C(=O)NCCC(C)SC. The summed E-state index contributed by atoms with van der Waals surface area (Å²) in [6.07, 6.45) is 3.55. The summed E-state index contributed by atoms with van der Waals surface area (Å²) in [5, 5.41) is 12.3. The molecule has 1 N–H and O–H groups in total. The minimum atomic E-state index is -0.872. The summed E-state index contributed by atoms with van der Waals surface area (Å²) in [6.45, 7) is 6.31. The molecule has 2 unspecified atom stereocenters. The zero-order valence-corrected chi connectivity index (χ0v) is 10.8. The second kappa shape index (κ2) is 6.73. The van der Waals surface area contributed by atoms with Crippen molar-refractivity contribution in [2.45, 2.75) is 38.9 Å². The highest BCUT2D eigenvalue weighted by Gasteiger charge is 2.30. The third kappa shape index (κ3) is 4.57. The minimum absolute atomic E-state index is 0.152. The quantitative estimate of drug-likeness (QED) is 0.758. The first-order valence-electron chi connectivity index (χ1n) is 5.22. The predicted molar refractivity (Wildman–Crippen MR) is 64.6 cm³/mol. The molecule has 0 spiro atoms. The highest BCUT2D eigenvalue weighted by Crippen LogP contribution is 2.19. The molecule has 0 radical (unpaired) electrons. The molecular weight excluding hydrogens is 208 g/mol. The Morgan fingerprint density at radius 3 is 2.67 bits per heavy atom. The number of nitrogens with one attached hydrogen (secondary N) is 1. The van der Waals surface area contributed by atoms with E-state index in [-0.39, 0.29) is 5.91 Å². The van der Waals surface area contributed by atoms with Crippen LogP contribution in [0, 0.1) is 16.7 Å². The molecule has 15 heavy (non-hydrogen) atoms. The molecule has 1 amide bonds. The van der Waals surface area contributed by atoms with Crippen LogP contribution in [-0.4, -0.2) is 24.0 Å². The molecule has 3 nitrogen and oxygen atoms in total. The highest BCUT2D eigenvalue weighted by atomic mass is 32.2. The number of nitriles is 1. The van der Waals surface area contributed by atoms with Gasteiger partial charge >= 0.3 is 0 Å². The molecule has 0 rings (SSSR count). The van der Waals surface area contributed by atoms with Crippen LogP contribution in [0.25, 0.3) is 0 Å². The van der Waals surface area contributed by atoms with E-state index in [9.17, 15) is 4.79 Å². The fourth-order valence-electron chi connectivity index (χ4n) is 0.992. The van der Waals surface area contributed by atoms with E-state index in [1.165, 1.54) is 0 Å².